The van der Waals surface area contributed by atoms with Gasteiger partial charge in [-0.2, -0.15) is 0 Å². The van der Waals surface area contributed by atoms with Crippen molar-refractivity contribution >= 4 is 19.8 Å². The molecule has 12 nitrogen and oxygen atoms in total. The Hall–Kier alpha value is -2.67. The minimum atomic E-state index is -4.70. The molecular weight excluding hydrogens is 797 g/mol. The molecule has 1 aliphatic carbocycles. The van der Waals surface area contributed by atoms with E-state index in [1.807, 2.05) is 39.4 Å². The third-order valence-corrected chi connectivity index (χ3v) is 11.2. The third-order valence-electron chi connectivity index (χ3n) is 10.3. The molecule has 0 saturated heterocycles. The summed E-state index contributed by atoms with van der Waals surface area (Å²) < 4.78 is 33.8. The van der Waals surface area contributed by atoms with Crippen LogP contribution in [0.2, 0.25) is 0 Å². The second-order valence-electron chi connectivity index (χ2n) is 17.0. The zero-order chi connectivity index (χ0) is 45.2. The molecule has 1 unspecified atom stereocenters. The minimum absolute atomic E-state index is 0.0788. The summed E-state index contributed by atoms with van der Waals surface area (Å²) in [5.41, 5.74) is 0. The summed E-state index contributed by atoms with van der Waals surface area (Å²) in [5, 5.41) is 31.4. The fourth-order valence-corrected chi connectivity index (χ4v) is 7.37. The number of hydrogen-bond donors (Lipinski definition) is 3. The van der Waals surface area contributed by atoms with Crippen LogP contribution in [0.25, 0.3) is 0 Å². The summed E-state index contributed by atoms with van der Waals surface area (Å²) in [6.45, 7) is 3.68. The summed E-state index contributed by atoms with van der Waals surface area (Å²) in [6.07, 6.45) is 36.0. The van der Waals surface area contributed by atoms with E-state index in [0.29, 0.717) is 43.1 Å². The summed E-state index contributed by atoms with van der Waals surface area (Å²) in [5.74, 6) is -1.48. The first-order valence-electron chi connectivity index (χ1n) is 22.9. The van der Waals surface area contributed by atoms with Gasteiger partial charge in [-0.3, -0.25) is 14.2 Å². The van der Waals surface area contributed by atoms with Gasteiger partial charge < -0.3 is 43.2 Å². The standard InChI is InChI=1S/C48H82NO11P/c1-6-8-10-11-12-13-14-15-16-17-18-19-20-21-22-23-29-33-48(54)60-42(40-59-61(55,56)58-37-36-49(3,4)5)39-57-47(53)32-28-25-24-27-31-43-44(46(52)38-45(43)51)35-34-41(50)30-26-9-7-2/h8,10,12-13,15-16,18-19,24,27,34-35,41-46,50-52H,6-7,9,11,14,17,20-23,25-26,28-33,36-40H2,1-5H3/b10-8-,13-12-,16-15-,19-18-,27-24+,35-34+/t41-,42+,43+,44+,45-,46+/m0/s1. The van der Waals surface area contributed by atoms with Gasteiger partial charge in [-0.25, -0.2) is 0 Å². The van der Waals surface area contributed by atoms with E-state index in [2.05, 4.69) is 62.5 Å². The van der Waals surface area contributed by atoms with Crippen LogP contribution in [0.3, 0.4) is 0 Å². The van der Waals surface area contributed by atoms with Gasteiger partial charge in [0.05, 0.1) is 46.1 Å². The maximum Gasteiger partial charge on any atom is 0.306 e. The summed E-state index contributed by atoms with van der Waals surface area (Å²) in [4.78, 5) is 37.8. The van der Waals surface area contributed by atoms with E-state index in [1.54, 1.807) is 6.08 Å². The van der Waals surface area contributed by atoms with Gasteiger partial charge in [0.1, 0.15) is 19.8 Å². The van der Waals surface area contributed by atoms with Crippen molar-refractivity contribution in [1.82, 2.24) is 0 Å². The summed E-state index contributed by atoms with van der Waals surface area (Å²) >= 11 is 0. The average molecular weight is 880 g/mol. The second-order valence-corrected chi connectivity index (χ2v) is 18.4. The third kappa shape index (κ3) is 31.8. The molecule has 0 heterocycles. The van der Waals surface area contributed by atoms with Crippen LogP contribution in [0.4, 0.5) is 0 Å². The number of aliphatic hydroxyl groups excluding tert-OH is 3. The van der Waals surface area contributed by atoms with Gasteiger partial charge in [0.2, 0.25) is 0 Å². The lowest BCUT2D eigenvalue weighted by atomic mass is 9.89. The number of likely N-dealkylation sites (N-methyl/N-ethyl adjacent to an activating group) is 1. The predicted octanol–water partition coefficient (Wildman–Crippen LogP) is 8.77. The van der Waals surface area contributed by atoms with Crippen LogP contribution in [-0.2, 0) is 32.7 Å². The number of ether oxygens (including phenoxy) is 2. The lowest BCUT2D eigenvalue weighted by molar-refractivity contribution is -0.870. The number of esters is 2. The first-order valence-corrected chi connectivity index (χ1v) is 24.4. The van der Waals surface area contributed by atoms with Gasteiger partial charge in [-0.1, -0.05) is 119 Å². The molecule has 0 radical (unpaired) electrons. The number of carbonyl (C=O) groups excluding carboxylic acids is 2. The van der Waals surface area contributed by atoms with Crippen LogP contribution in [0, 0.1) is 11.8 Å². The molecule has 3 N–H and O–H groups in total. The Kier molecular flexibility index (Phi) is 32.1. The van der Waals surface area contributed by atoms with Crippen molar-refractivity contribution in [2.24, 2.45) is 11.8 Å². The Balaban J connectivity index is 2.51. The zero-order valence-corrected chi connectivity index (χ0v) is 39.1. The van der Waals surface area contributed by atoms with E-state index in [0.717, 1.165) is 70.6 Å². The van der Waals surface area contributed by atoms with Crippen molar-refractivity contribution in [3.05, 3.63) is 72.9 Å². The van der Waals surface area contributed by atoms with Crippen molar-refractivity contribution in [3.63, 3.8) is 0 Å². The highest BCUT2D eigenvalue weighted by Crippen LogP contribution is 2.38. The molecule has 0 amide bonds. The highest BCUT2D eigenvalue weighted by molar-refractivity contribution is 7.45. The number of phosphoric ester groups is 1. The van der Waals surface area contributed by atoms with Crippen molar-refractivity contribution in [3.8, 4) is 0 Å². The van der Waals surface area contributed by atoms with Crippen LogP contribution in [0.1, 0.15) is 136 Å². The monoisotopic (exact) mass is 880 g/mol. The van der Waals surface area contributed by atoms with Crippen LogP contribution >= 0.6 is 7.82 Å². The average Bonchev–Trinajstić information content (AvgIpc) is 3.47. The van der Waals surface area contributed by atoms with Crippen molar-refractivity contribution in [2.75, 3.05) is 47.5 Å². The quantitative estimate of drug-likeness (QED) is 0.0181. The Labute approximate surface area is 368 Å². The van der Waals surface area contributed by atoms with E-state index in [-0.39, 0.29) is 44.3 Å². The molecule has 0 aromatic heterocycles. The van der Waals surface area contributed by atoms with Crippen molar-refractivity contribution in [1.29, 1.82) is 0 Å². The molecule has 0 aromatic rings. The predicted molar refractivity (Wildman–Crippen MR) is 242 cm³/mol. The topological polar surface area (TPSA) is 172 Å². The first kappa shape index (κ1) is 56.3. The molecule has 1 fully saturated rings. The van der Waals surface area contributed by atoms with Crippen LogP contribution in [0.15, 0.2) is 72.9 Å². The molecule has 1 aliphatic rings. The molecule has 61 heavy (non-hydrogen) atoms. The fraction of sp³-hybridized carbons (Fsp3) is 0.708. The molecule has 0 aliphatic heterocycles. The Morgan fingerprint density at radius 3 is 2.05 bits per heavy atom. The lowest BCUT2D eigenvalue weighted by Crippen LogP contribution is -2.37. The molecule has 0 bridgehead atoms. The number of rotatable bonds is 36. The maximum atomic E-state index is 12.7. The zero-order valence-electron chi connectivity index (χ0n) is 38.2. The molecule has 0 aromatic carbocycles. The fourth-order valence-electron chi connectivity index (χ4n) is 6.64. The van der Waals surface area contributed by atoms with Gasteiger partial charge in [-0.15, -0.1) is 0 Å². The number of quaternary nitrogens is 1. The molecule has 0 spiro atoms. The molecule has 1 saturated carbocycles. The van der Waals surface area contributed by atoms with Gasteiger partial charge in [0.15, 0.2) is 6.10 Å². The van der Waals surface area contributed by atoms with Crippen molar-refractivity contribution < 1.29 is 57.4 Å². The maximum absolute atomic E-state index is 12.7. The smallest absolute Gasteiger partial charge is 0.306 e. The number of carbonyl (C=O) groups is 2. The minimum Gasteiger partial charge on any atom is -0.756 e. The Bertz CT molecular complexity index is 1390. The molecule has 7 atom stereocenters. The Morgan fingerprint density at radius 1 is 0.754 bits per heavy atom. The van der Waals surface area contributed by atoms with Crippen LogP contribution < -0.4 is 4.89 Å². The van der Waals surface area contributed by atoms with Gasteiger partial charge in [0.25, 0.3) is 7.82 Å². The molecule has 1 rings (SSSR count). The van der Waals surface area contributed by atoms with E-state index >= 15 is 0 Å². The number of aliphatic hydroxyl groups is 3. The molecule has 13 heteroatoms. The SMILES string of the molecule is CC/C=C\C/C=C\C/C=C\C/C=C\CCCCCCC(=O)O[C@H](COC(=O)CCC/C=C/C[C@@H]1[C@@H](/C=C/[C@@H](O)CCCCC)[C@H](O)C[C@@H]1O)COP(=O)([O-])OCC[N+](C)(C)C. The second kappa shape index (κ2) is 34.8. The van der Waals surface area contributed by atoms with E-state index < -0.39 is 50.8 Å². The molecule has 350 valence electrons. The van der Waals surface area contributed by atoms with Gasteiger partial charge in [0, 0.05) is 25.2 Å². The number of hydrogen-bond acceptors (Lipinski definition) is 11. The van der Waals surface area contributed by atoms with Crippen LogP contribution in [0.5, 0.6) is 0 Å². The van der Waals surface area contributed by atoms with Gasteiger partial charge >= 0.3 is 11.9 Å². The summed E-state index contributed by atoms with van der Waals surface area (Å²) in [7, 11) is 1.00. The van der Waals surface area contributed by atoms with E-state index in [9.17, 15) is 34.4 Å². The largest absolute Gasteiger partial charge is 0.756 e. The van der Waals surface area contributed by atoms with Crippen LogP contribution in [-0.4, -0.2) is 104 Å². The number of allylic oxidation sites excluding steroid dienone is 10. The van der Waals surface area contributed by atoms with Gasteiger partial charge in [-0.05, 0) is 76.5 Å². The van der Waals surface area contributed by atoms with E-state index in [4.69, 9.17) is 18.5 Å². The highest BCUT2D eigenvalue weighted by atomic mass is 31.2. The lowest BCUT2D eigenvalue weighted by Gasteiger charge is -2.28. The number of unbranched alkanes of at least 4 members (excludes halogenated alkanes) is 7. The first-order chi connectivity index (χ1) is 29.2. The summed E-state index contributed by atoms with van der Waals surface area (Å²) in [6, 6.07) is 0. The Morgan fingerprint density at radius 2 is 1.38 bits per heavy atom. The molecular formula is C48H82NO11P. The highest BCUT2D eigenvalue weighted by Gasteiger charge is 2.39. The van der Waals surface area contributed by atoms with E-state index in [1.165, 1.54) is 0 Å². The number of nitrogens with zero attached hydrogens (tertiary/aromatic N) is 1. The normalized spacial score (nSPS) is 20.9. The van der Waals surface area contributed by atoms with Crippen molar-refractivity contribution in [2.45, 2.75) is 160 Å². The number of phosphoric acid groups is 1.